The van der Waals surface area contributed by atoms with Gasteiger partial charge in [0.25, 0.3) is 5.91 Å². The first kappa shape index (κ1) is 18.3. The highest BCUT2D eigenvalue weighted by molar-refractivity contribution is 6.02. The summed E-state index contributed by atoms with van der Waals surface area (Å²) in [5, 5.41) is 5.54. The van der Waals surface area contributed by atoms with Gasteiger partial charge in [0.1, 0.15) is 5.75 Å². The molecule has 138 valence electrons. The van der Waals surface area contributed by atoms with Crippen LogP contribution in [0.4, 0.5) is 11.4 Å². The van der Waals surface area contributed by atoms with E-state index in [4.69, 9.17) is 9.15 Å². The van der Waals surface area contributed by atoms with E-state index in [9.17, 15) is 9.59 Å². The molecular weight excluding hydrogens is 344 g/mol. The van der Waals surface area contributed by atoms with Crippen LogP contribution in [0.3, 0.4) is 0 Å². The summed E-state index contributed by atoms with van der Waals surface area (Å²) in [6.07, 6.45) is 2.43. The summed E-state index contributed by atoms with van der Waals surface area (Å²) in [5.41, 5.74) is 1.28. The molecule has 3 rings (SSSR count). The molecule has 0 fully saturated rings. The Labute approximate surface area is 157 Å². The molecule has 0 saturated heterocycles. The van der Waals surface area contributed by atoms with Crippen molar-refractivity contribution in [3.05, 3.63) is 78.8 Å². The number of ether oxygens (including phenoxy) is 1. The molecule has 2 aromatic carbocycles. The van der Waals surface area contributed by atoms with Crippen molar-refractivity contribution in [2.45, 2.75) is 12.8 Å². The van der Waals surface area contributed by atoms with Crippen LogP contribution in [0.25, 0.3) is 0 Å². The summed E-state index contributed by atoms with van der Waals surface area (Å²) in [6.45, 7) is 0.481. The Hall–Kier alpha value is -3.54. The number of amides is 2. The van der Waals surface area contributed by atoms with E-state index in [1.807, 2.05) is 30.3 Å². The van der Waals surface area contributed by atoms with Crippen molar-refractivity contribution in [1.82, 2.24) is 0 Å². The molecule has 0 bridgehead atoms. The van der Waals surface area contributed by atoms with E-state index in [1.54, 1.807) is 36.4 Å². The van der Waals surface area contributed by atoms with Gasteiger partial charge in [-0.3, -0.25) is 9.59 Å². The Kier molecular flexibility index (Phi) is 6.25. The van der Waals surface area contributed by atoms with Gasteiger partial charge in [-0.1, -0.05) is 18.2 Å². The molecule has 0 aliphatic carbocycles. The average molecular weight is 364 g/mol. The van der Waals surface area contributed by atoms with E-state index < -0.39 is 0 Å². The lowest BCUT2D eigenvalue weighted by Crippen LogP contribution is -2.13. The molecule has 0 saturated carbocycles. The Bertz CT molecular complexity index is 859. The molecule has 6 heteroatoms. The van der Waals surface area contributed by atoms with Crippen molar-refractivity contribution in [3.8, 4) is 5.75 Å². The van der Waals surface area contributed by atoms with Crippen LogP contribution in [-0.4, -0.2) is 18.4 Å². The highest BCUT2D eigenvalue weighted by Gasteiger charge is 2.09. The predicted octanol–water partition coefficient (Wildman–Crippen LogP) is 4.33. The van der Waals surface area contributed by atoms with Gasteiger partial charge in [-0.15, -0.1) is 0 Å². The van der Waals surface area contributed by atoms with Crippen molar-refractivity contribution in [3.63, 3.8) is 0 Å². The van der Waals surface area contributed by atoms with Gasteiger partial charge < -0.3 is 19.8 Å². The summed E-state index contributed by atoms with van der Waals surface area (Å²) in [7, 11) is 0. The highest BCUT2D eigenvalue weighted by atomic mass is 16.5. The first-order valence-electron chi connectivity index (χ1n) is 8.63. The molecule has 0 spiro atoms. The van der Waals surface area contributed by atoms with Gasteiger partial charge in [-0.05, 0) is 55.0 Å². The van der Waals surface area contributed by atoms with Crippen molar-refractivity contribution < 1.29 is 18.7 Å². The predicted molar refractivity (Wildman–Crippen MR) is 103 cm³/mol. The minimum absolute atomic E-state index is 0.0842. The van der Waals surface area contributed by atoms with Gasteiger partial charge in [-0.2, -0.15) is 0 Å². The first-order chi connectivity index (χ1) is 13.2. The van der Waals surface area contributed by atoms with Crippen LogP contribution in [0.5, 0.6) is 5.75 Å². The third-order valence-corrected chi connectivity index (χ3v) is 3.73. The number of nitrogens with one attached hydrogen (secondary N) is 2. The molecule has 6 nitrogen and oxygen atoms in total. The Balaban J connectivity index is 1.39. The normalized spacial score (nSPS) is 10.2. The number of carbonyl (C=O) groups is 2. The smallest absolute Gasteiger partial charge is 0.291 e. The van der Waals surface area contributed by atoms with Crippen LogP contribution >= 0.6 is 0 Å². The fourth-order valence-corrected chi connectivity index (χ4v) is 2.40. The van der Waals surface area contributed by atoms with E-state index in [-0.39, 0.29) is 17.6 Å². The minimum atomic E-state index is -0.324. The summed E-state index contributed by atoms with van der Waals surface area (Å²) < 4.78 is 10.6. The van der Waals surface area contributed by atoms with Crippen molar-refractivity contribution >= 4 is 23.2 Å². The van der Waals surface area contributed by atoms with Crippen molar-refractivity contribution in [2.24, 2.45) is 0 Å². The van der Waals surface area contributed by atoms with Crippen LogP contribution in [0.1, 0.15) is 23.4 Å². The summed E-state index contributed by atoms with van der Waals surface area (Å²) in [4.78, 5) is 23.9. The summed E-state index contributed by atoms with van der Waals surface area (Å²) in [6, 6.07) is 19.6. The molecule has 0 unspecified atom stereocenters. The number of anilines is 2. The lowest BCUT2D eigenvalue weighted by Gasteiger charge is -2.08. The molecule has 27 heavy (non-hydrogen) atoms. The number of hydrogen-bond acceptors (Lipinski definition) is 4. The van der Waals surface area contributed by atoms with Crippen molar-refractivity contribution in [1.29, 1.82) is 0 Å². The standard InChI is InChI=1S/C21H20N2O4/c24-20(9-5-14-26-18-6-2-1-3-7-18)22-16-10-12-17(13-11-16)23-21(25)19-8-4-15-27-19/h1-4,6-8,10-13,15H,5,9,14H2,(H,22,24)(H,23,25). The van der Waals surface area contributed by atoms with Gasteiger partial charge in [0.15, 0.2) is 5.76 Å². The maximum absolute atomic E-state index is 12.0. The number of hydrogen-bond donors (Lipinski definition) is 2. The van der Waals surface area contributed by atoms with E-state index in [2.05, 4.69) is 10.6 Å². The average Bonchev–Trinajstić information content (AvgIpc) is 3.23. The zero-order valence-electron chi connectivity index (χ0n) is 14.7. The SMILES string of the molecule is O=C(CCCOc1ccccc1)Nc1ccc(NC(=O)c2ccco2)cc1. The van der Waals surface area contributed by atoms with Crippen LogP contribution in [0.15, 0.2) is 77.4 Å². The molecular formula is C21H20N2O4. The molecule has 0 atom stereocenters. The van der Waals surface area contributed by atoms with Gasteiger partial charge in [0.2, 0.25) is 5.91 Å². The van der Waals surface area contributed by atoms with Crippen LogP contribution < -0.4 is 15.4 Å². The van der Waals surface area contributed by atoms with E-state index in [0.29, 0.717) is 30.8 Å². The fraction of sp³-hybridized carbons (Fsp3) is 0.143. The van der Waals surface area contributed by atoms with E-state index in [1.165, 1.54) is 6.26 Å². The minimum Gasteiger partial charge on any atom is -0.494 e. The molecule has 0 aliphatic rings. The molecule has 0 aliphatic heterocycles. The molecule has 1 aromatic heterocycles. The Morgan fingerprint density at radius 2 is 1.56 bits per heavy atom. The summed E-state index contributed by atoms with van der Waals surface area (Å²) in [5.74, 6) is 0.629. The van der Waals surface area contributed by atoms with E-state index >= 15 is 0 Å². The van der Waals surface area contributed by atoms with E-state index in [0.717, 1.165) is 5.75 Å². The number of benzene rings is 2. The largest absolute Gasteiger partial charge is 0.494 e. The van der Waals surface area contributed by atoms with Gasteiger partial charge in [0, 0.05) is 17.8 Å². The zero-order chi connectivity index (χ0) is 18.9. The lowest BCUT2D eigenvalue weighted by molar-refractivity contribution is -0.116. The van der Waals surface area contributed by atoms with Gasteiger partial charge >= 0.3 is 0 Å². The molecule has 1 heterocycles. The fourth-order valence-electron chi connectivity index (χ4n) is 2.40. The highest BCUT2D eigenvalue weighted by Crippen LogP contribution is 2.15. The van der Waals surface area contributed by atoms with Crippen LogP contribution in [0.2, 0.25) is 0 Å². The quantitative estimate of drug-likeness (QED) is 0.583. The third-order valence-electron chi connectivity index (χ3n) is 3.73. The van der Waals surface area contributed by atoms with Crippen LogP contribution in [-0.2, 0) is 4.79 Å². The second-order valence-corrected chi connectivity index (χ2v) is 5.82. The maximum Gasteiger partial charge on any atom is 0.291 e. The maximum atomic E-state index is 12.0. The Morgan fingerprint density at radius 3 is 2.22 bits per heavy atom. The zero-order valence-corrected chi connectivity index (χ0v) is 14.7. The number of para-hydroxylation sites is 1. The topological polar surface area (TPSA) is 80.6 Å². The monoisotopic (exact) mass is 364 g/mol. The molecule has 0 radical (unpaired) electrons. The van der Waals surface area contributed by atoms with Crippen LogP contribution in [0, 0.1) is 0 Å². The molecule has 3 aromatic rings. The molecule has 2 N–H and O–H groups in total. The summed E-state index contributed by atoms with van der Waals surface area (Å²) >= 11 is 0. The second-order valence-electron chi connectivity index (χ2n) is 5.82. The number of furan rings is 1. The first-order valence-corrected chi connectivity index (χ1v) is 8.63. The Morgan fingerprint density at radius 1 is 0.852 bits per heavy atom. The van der Waals surface area contributed by atoms with Crippen molar-refractivity contribution in [2.75, 3.05) is 17.2 Å². The van der Waals surface area contributed by atoms with Gasteiger partial charge in [0.05, 0.1) is 12.9 Å². The number of carbonyl (C=O) groups excluding carboxylic acids is 2. The van der Waals surface area contributed by atoms with Gasteiger partial charge in [-0.25, -0.2) is 0 Å². The lowest BCUT2D eigenvalue weighted by atomic mass is 10.2. The molecule has 2 amide bonds. The second kappa shape index (κ2) is 9.24. The number of rotatable bonds is 8. The third kappa shape index (κ3) is 5.74.